The van der Waals surface area contributed by atoms with Crippen molar-refractivity contribution >= 4 is 23.9 Å². The van der Waals surface area contributed by atoms with Gasteiger partial charge >= 0.3 is 13.7 Å². The predicted octanol–water partition coefficient (Wildman–Crippen LogP) is 0.410. The Labute approximate surface area is 258 Å². The lowest BCUT2D eigenvalue weighted by Gasteiger charge is -2.37. The van der Waals surface area contributed by atoms with Gasteiger partial charge in [0.05, 0.1) is 31.3 Å². The number of amides is 1. The Kier molecular flexibility index (Phi) is 12.1. The molecule has 15 nitrogen and oxygen atoms in total. The zero-order valence-electron chi connectivity index (χ0n) is 25.4. The van der Waals surface area contributed by atoms with E-state index in [-0.39, 0.29) is 43.7 Å². The van der Waals surface area contributed by atoms with Crippen LogP contribution >= 0.6 is 7.60 Å². The van der Waals surface area contributed by atoms with Gasteiger partial charge in [-0.1, -0.05) is 26.0 Å². The van der Waals surface area contributed by atoms with E-state index in [0.717, 1.165) is 0 Å². The lowest BCUT2D eigenvalue weighted by Crippen LogP contribution is -2.56. The highest BCUT2D eigenvalue weighted by molar-refractivity contribution is 7.86. The number of carbonyl (C=O) groups excluding carboxylic acids is 1. The lowest BCUT2D eigenvalue weighted by atomic mass is 10.0. The fraction of sp³-hybridized carbons (Fsp3) is 0.741. The van der Waals surface area contributed by atoms with Gasteiger partial charge in [-0.25, -0.2) is 4.79 Å². The van der Waals surface area contributed by atoms with Gasteiger partial charge in [0.25, 0.3) is 10.2 Å². The van der Waals surface area contributed by atoms with E-state index in [1.165, 1.54) is 20.7 Å². The molecule has 250 valence electrons. The van der Waals surface area contributed by atoms with Crippen molar-refractivity contribution in [1.82, 2.24) is 18.8 Å². The standard InChI is InChI=1S/C27H45N4O11PS/c1-19(2)15-31(44(37,38)30-11-9-29(3)10-12-30)16-24(32)23(14-20-4-6-21(7-5-20)41-18-43(34,35)36)28-27(33)42-25-17-40-26-22(25)8-13-39-26/h4-7,19,22-26,32H,8-18H2,1-3H3,(H,28,33)(H2,34,35,36)/t22-,23-,24+,25-,26+/m0/s1. The summed E-state index contributed by atoms with van der Waals surface area (Å²) in [5.74, 6) is 0.128. The van der Waals surface area contributed by atoms with Gasteiger partial charge in [0.2, 0.25) is 0 Å². The first-order valence-electron chi connectivity index (χ1n) is 14.8. The van der Waals surface area contributed by atoms with Gasteiger partial charge in [0.1, 0.15) is 11.9 Å². The lowest BCUT2D eigenvalue weighted by molar-refractivity contribution is -0.0907. The van der Waals surface area contributed by atoms with Gasteiger partial charge in [-0.05, 0) is 43.5 Å². The van der Waals surface area contributed by atoms with E-state index < -0.39 is 54.8 Å². The number of fused-ring (bicyclic) bond motifs is 1. The van der Waals surface area contributed by atoms with Gasteiger partial charge < -0.3 is 44.1 Å². The Morgan fingerprint density at radius 3 is 2.45 bits per heavy atom. The van der Waals surface area contributed by atoms with Crippen LogP contribution in [0.3, 0.4) is 0 Å². The predicted molar refractivity (Wildman–Crippen MR) is 159 cm³/mol. The number of benzene rings is 1. The minimum atomic E-state index is -4.36. The highest BCUT2D eigenvalue weighted by Crippen LogP contribution is 2.35. The number of hydrogen-bond acceptors (Lipinski definition) is 10. The molecule has 0 radical (unpaired) electrons. The van der Waals surface area contributed by atoms with Crippen molar-refractivity contribution in [1.29, 1.82) is 0 Å². The van der Waals surface area contributed by atoms with Crippen molar-refractivity contribution in [3.63, 3.8) is 0 Å². The summed E-state index contributed by atoms with van der Waals surface area (Å²) in [4.78, 5) is 33.3. The number of nitrogens with zero attached hydrogens (tertiary/aromatic N) is 3. The number of ether oxygens (including phenoxy) is 4. The molecule has 4 N–H and O–H groups in total. The van der Waals surface area contributed by atoms with Crippen LogP contribution in [0, 0.1) is 11.8 Å². The fourth-order valence-corrected chi connectivity index (χ4v) is 7.57. The van der Waals surface area contributed by atoms with Crippen LogP contribution in [0.15, 0.2) is 24.3 Å². The van der Waals surface area contributed by atoms with Crippen LogP contribution in [-0.2, 0) is 35.4 Å². The van der Waals surface area contributed by atoms with Gasteiger partial charge in [-0.2, -0.15) is 17.0 Å². The highest BCUT2D eigenvalue weighted by Gasteiger charge is 2.44. The summed E-state index contributed by atoms with van der Waals surface area (Å²) in [6, 6.07) is 5.37. The van der Waals surface area contributed by atoms with E-state index in [9.17, 15) is 22.9 Å². The van der Waals surface area contributed by atoms with E-state index in [0.29, 0.717) is 44.8 Å². The molecule has 0 aliphatic carbocycles. The largest absolute Gasteiger partial charge is 0.481 e. The van der Waals surface area contributed by atoms with E-state index >= 15 is 0 Å². The average molecular weight is 665 g/mol. The van der Waals surface area contributed by atoms with Gasteiger partial charge in [-0.3, -0.25) is 4.57 Å². The van der Waals surface area contributed by atoms with Gasteiger partial charge in [0, 0.05) is 39.3 Å². The molecular weight excluding hydrogens is 619 g/mol. The number of carbonyl (C=O) groups is 1. The summed E-state index contributed by atoms with van der Waals surface area (Å²) >= 11 is 0. The number of likely N-dealkylation sites (N-methyl/N-ethyl adjacent to an activating group) is 1. The molecule has 3 aliphatic heterocycles. The molecular formula is C27H45N4O11PS. The number of nitrogens with one attached hydrogen (secondary N) is 1. The first kappa shape index (κ1) is 35.0. The van der Waals surface area contributed by atoms with E-state index in [1.54, 1.807) is 12.1 Å². The topological polar surface area (TPSA) is 188 Å². The van der Waals surface area contributed by atoms with Crippen molar-refractivity contribution in [3.05, 3.63) is 29.8 Å². The first-order valence-corrected chi connectivity index (χ1v) is 18.0. The molecule has 1 aromatic rings. The highest BCUT2D eigenvalue weighted by atomic mass is 32.2. The van der Waals surface area contributed by atoms with Crippen LogP contribution in [0.4, 0.5) is 4.79 Å². The molecule has 0 spiro atoms. The van der Waals surface area contributed by atoms with E-state index in [2.05, 4.69) is 10.2 Å². The summed E-state index contributed by atoms with van der Waals surface area (Å²) in [6.07, 6.45) is -2.97. The zero-order chi connectivity index (χ0) is 32.1. The molecule has 0 aromatic heterocycles. The van der Waals surface area contributed by atoms with Crippen molar-refractivity contribution in [2.24, 2.45) is 11.8 Å². The molecule has 3 fully saturated rings. The maximum atomic E-state index is 13.7. The maximum Gasteiger partial charge on any atom is 0.407 e. The Hall–Kier alpha value is -1.85. The number of alkyl carbamates (subject to hydrolysis) is 1. The molecule has 0 unspecified atom stereocenters. The smallest absolute Gasteiger partial charge is 0.407 e. The van der Waals surface area contributed by atoms with Crippen LogP contribution in [0.25, 0.3) is 0 Å². The molecule has 0 saturated carbocycles. The third-order valence-electron chi connectivity index (χ3n) is 7.86. The molecule has 3 saturated heterocycles. The Balaban J connectivity index is 1.49. The normalized spacial score (nSPS) is 24.8. The molecule has 5 atom stereocenters. The second-order valence-corrected chi connectivity index (χ2v) is 15.5. The van der Waals surface area contributed by atoms with Gasteiger partial charge in [0.15, 0.2) is 12.6 Å². The zero-order valence-corrected chi connectivity index (χ0v) is 27.1. The van der Waals surface area contributed by atoms with Gasteiger partial charge in [-0.15, -0.1) is 0 Å². The molecule has 0 bridgehead atoms. The fourth-order valence-electron chi connectivity index (χ4n) is 5.48. The first-order chi connectivity index (χ1) is 20.7. The van der Waals surface area contributed by atoms with Crippen LogP contribution in [0.1, 0.15) is 25.8 Å². The van der Waals surface area contributed by atoms with Crippen molar-refractivity contribution < 1.29 is 51.6 Å². The minimum absolute atomic E-state index is 0.0227. The average Bonchev–Trinajstić information content (AvgIpc) is 3.57. The second kappa shape index (κ2) is 15.2. The Bertz CT molecular complexity index is 1240. The number of hydrogen-bond donors (Lipinski definition) is 4. The van der Waals surface area contributed by atoms with Crippen LogP contribution in [-0.4, -0.2) is 133 Å². The molecule has 1 amide bonds. The molecule has 44 heavy (non-hydrogen) atoms. The minimum Gasteiger partial charge on any atom is -0.481 e. The number of aliphatic hydroxyl groups is 1. The van der Waals surface area contributed by atoms with E-state index in [1.807, 2.05) is 20.9 Å². The quantitative estimate of drug-likeness (QED) is 0.201. The van der Waals surface area contributed by atoms with Crippen LogP contribution in [0.5, 0.6) is 5.75 Å². The third-order valence-corrected chi connectivity index (χ3v) is 10.3. The van der Waals surface area contributed by atoms with E-state index in [4.69, 9.17) is 28.7 Å². The maximum absolute atomic E-state index is 13.7. The summed E-state index contributed by atoms with van der Waals surface area (Å²) in [5.41, 5.74) is 0.656. The Morgan fingerprint density at radius 2 is 1.82 bits per heavy atom. The van der Waals surface area contributed by atoms with Crippen LogP contribution in [0.2, 0.25) is 0 Å². The molecule has 1 aromatic carbocycles. The molecule has 3 aliphatic rings. The van der Waals surface area contributed by atoms with Crippen molar-refractivity contribution in [2.45, 2.75) is 51.2 Å². The monoisotopic (exact) mass is 664 g/mol. The third kappa shape index (κ3) is 9.82. The second-order valence-electron chi connectivity index (χ2n) is 12.0. The number of piperazine rings is 1. The number of rotatable bonds is 14. The molecule has 4 rings (SSSR count). The summed E-state index contributed by atoms with van der Waals surface area (Å²) < 4.78 is 63.1. The summed E-state index contributed by atoms with van der Waals surface area (Å²) in [7, 11) is -6.33. The summed E-state index contributed by atoms with van der Waals surface area (Å²) in [5, 5.41) is 14.2. The SMILES string of the molecule is CC(C)CN(C[C@@H](O)[C@H](Cc1ccc(OCP(=O)(O)O)cc1)NC(=O)O[C@H]1CO[C@H]2OCC[C@H]21)S(=O)(=O)N1CCN(C)CC1. The van der Waals surface area contributed by atoms with Crippen molar-refractivity contribution in [2.75, 3.05) is 65.9 Å². The molecule has 17 heteroatoms. The van der Waals surface area contributed by atoms with Crippen molar-refractivity contribution in [3.8, 4) is 5.75 Å². The molecule has 3 heterocycles. The van der Waals surface area contributed by atoms with Crippen LogP contribution < -0.4 is 10.1 Å². The Morgan fingerprint density at radius 1 is 1.14 bits per heavy atom. The summed E-state index contributed by atoms with van der Waals surface area (Å²) in [6.45, 7) is 6.28. The number of aliphatic hydroxyl groups excluding tert-OH is 1.